The molecule has 0 atom stereocenters. The summed E-state index contributed by atoms with van der Waals surface area (Å²) in [6.45, 7) is 8.14. The molecule has 0 saturated carbocycles. The fourth-order valence-electron chi connectivity index (χ4n) is 2.44. The molecule has 0 spiro atoms. The minimum absolute atomic E-state index is 0.0878. The molecule has 0 aliphatic heterocycles. The van der Waals surface area contributed by atoms with Crippen LogP contribution in [0.2, 0.25) is 0 Å². The summed E-state index contributed by atoms with van der Waals surface area (Å²) >= 11 is 0. The topological polar surface area (TPSA) is 42.0 Å². The van der Waals surface area contributed by atoms with E-state index in [1.807, 2.05) is 19.1 Å². The standard InChI is InChI=1S/C18H19F3N2O/c1-11-5-6-13(10-14(11)17(2,3)4)23-16(24)12-7-8-22-15(9-12)18(19,20)21/h5-10H,1-4H3,(H,23,24). The summed E-state index contributed by atoms with van der Waals surface area (Å²) in [4.78, 5) is 15.5. The first-order valence-corrected chi connectivity index (χ1v) is 7.44. The molecule has 0 bridgehead atoms. The van der Waals surface area contributed by atoms with Gasteiger partial charge in [-0.05, 0) is 47.7 Å². The number of amides is 1. The zero-order valence-electron chi connectivity index (χ0n) is 14.0. The Bertz CT molecular complexity index is 762. The van der Waals surface area contributed by atoms with Crippen molar-refractivity contribution in [2.45, 2.75) is 39.3 Å². The smallest absolute Gasteiger partial charge is 0.322 e. The first-order chi connectivity index (χ1) is 11.0. The van der Waals surface area contributed by atoms with Gasteiger partial charge in [-0.25, -0.2) is 0 Å². The lowest BCUT2D eigenvalue weighted by molar-refractivity contribution is -0.141. The van der Waals surface area contributed by atoms with Crippen molar-refractivity contribution in [2.24, 2.45) is 0 Å². The van der Waals surface area contributed by atoms with Crippen molar-refractivity contribution in [1.82, 2.24) is 4.98 Å². The normalized spacial score (nSPS) is 12.1. The van der Waals surface area contributed by atoms with Crippen LogP contribution >= 0.6 is 0 Å². The third-order valence-electron chi connectivity index (χ3n) is 3.62. The van der Waals surface area contributed by atoms with Gasteiger partial charge in [-0.1, -0.05) is 26.8 Å². The lowest BCUT2D eigenvalue weighted by Crippen LogP contribution is -2.17. The van der Waals surface area contributed by atoms with Crippen molar-refractivity contribution in [3.8, 4) is 0 Å². The van der Waals surface area contributed by atoms with E-state index in [0.717, 1.165) is 23.4 Å². The molecule has 1 heterocycles. The number of carbonyl (C=O) groups is 1. The number of anilines is 1. The minimum atomic E-state index is -4.58. The van der Waals surface area contributed by atoms with Gasteiger partial charge in [-0.3, -0.25) is 9.78 Å². The molecule has 1 aromatic heterocycles. The molecule has 24 heavy (non-hydrogen) atoms. The average Bonchev–Trinajstić information content (AvgIpc) is 2.47. The summed E-state index contributed by atoms with van der Waals surface area (Å²) in [6, 6.07) is 7.45. The molecule has 0 aliphatic rings. The number of carbonyl (C=O) groups excluding carboxylic acids is 1. The molecule has 1 aromatic carbocycles. The minimum Gasteiger partial charge on any atom is -0.322 e. The molecule has 6 heteroatoms. The number of nitrogens with one attached hydrogen (secondary N) is 1. The van der Waals surface area contributed by atoms with Gasteiger partial charge in [-0.15, -0.1) is 0 Å². The Kier molecular flexibility index (Phi) is 4.69. The molecule has 0 fully saturated rings. The highest BCUT2D eigenvalue weighted by Crippen LogP contribution is 2.29. The van der Waals surface area contributed by atoms with Crippen LogP contribution in [0.1, 0.15) is 48.0 Å². The van der Waals surface area contributed by atoms with Crippen molar-refractivity contribution in [1.29, 1.82) is 0 Å². The maximum absolute atomic E-state index is 12.7. The summed E-state index contributed by atoms with van der Waals surface area (Å²) in [7, 11) is 0. The van der Waals surface area contributed by atoms with Gasteiger partial charge in [0.05, 0.1) is 0 Å². The van der Waals surface area contributed by atoms with Crippen molar-refractivity contribution >= 4 is 11.6 Å². The molecule has 128 valence electrons. The lowest BCUT2D eigenvalue weighted by atomic mass is 9.84. The zero-order chi connectivity index (χ0) is 18.1. The molecule has 0 aliphatic carbocycles. The quantitative estimate of drug-likeness (QED) is 0.842. The molecule has 0 unspecified atom stereocenters. The molecule has 2 aromatic rings. The van der Waals surface area contributed by atoms with Gasteiger partial charge in [0.25, 0.3) is 5.91 Å². The van der Waals surface area contributed by atoms with Crippen LogP contribution < -0.4 is 5.32 Å². The van der Waals surface area contributed by atoms with E-state index in [9.17, 15) is 18.0 Å². The molecule has 0 saturated heterocycles. The second-order valence-electron chi connectivity index (χ2n) is 6.66. The van der Waals surface area contributed by atoms with Crippen LogP contribution in [0.25, 0.3) is 0 Å². The number of alkyl halides is 3. The third-order valence-corrected chi connectivity index (χ3v) is 3.62. The first kappa shape index (κ1) is 18.0. The molecule has 3 nitrogen and oxygen atoms in total. The summed E-state index contributed by atoms with van der Waals surface area (Å²) in [5.74, 6) is -0.605. The van der Waals surface area contributed by atoms with E-state index in [1.165, 1.54) is 6.07 Å². The largest absolute Gasteiger partial charge is 0.433 e. The third kappa shape index (κ3) is 4.13. The molecule has 1 amide bonds. The number of rotatable bonds is 2. The van der Waals surface area contributed by atoms with Crippen molar-refractivity contribution in [3.63, 3.8) is 0 Å². The number of pyridine rings is 1. The first-order valence-electron chi connectivity index (χ1n) is 7.44. The second-order valence-corrected chi connectivity index (χ2v) is 6.66. The number of aromatic nitrogens is 1. The number of hydrogen-bond acceptors (Lipinski definition) is 2. The van der Waals surface area contributed by atoms with E-state index in [-0.39, 0.29) is 11.0 Å². The summed E-state index contributed by atoms with van der Waals surface area (Å²) in [6.07, 6.45) is -3.60. The average molecular weight is 336 g/mol. The summed E-state index contributed by atoms with van der Waals surface area (Å²) in [5, 5.41) is 2.64. The van der Waals surface area contributed by atoms with Crippen LogP contribution in [0, 0.1) is 6.92 Å². The van der Waals surface area contributed by atoms with Crippen LogP contribution in [0.5, 0.6) is 0 Å². The van der Waals surface area contributed by atoms with Crippen LogP contribution in [-0.2, 0) is 11.6 Å². The van der Waals surface area contributed by atoms with Crippen molar-refractivity contribution < 1.29 is 18.0 Å². The molecule has 2 rings (SSSR count). The lowest BCUT2D eigenvalue weighted by Gasteiger charge is -2.22. The van der Waals surface area contributed by atoms with E-state index in [2.05, 4.69) is 31.1 Å². The Morgan fingerprint density at radius 2 is 1.75 bits per heavy atom. The van der Waals surface area contributed by atoms with Gasteiger partial charge >= 0.3 is 6.18 Å². The van der Waals surface area contributed by atoms with Gasteiger partial charge in [0.2, 0.25) is 0 Å². The number of halogens is 3. The zero-order valence-corrected chi connectivity index (χ0v) is 14.0. The van der Waals surface area contributed by atoms with Gasteiger partial charge in [0, 0.05) is 17.4 Å². The van der Waals surface area contributed by atoms with E-state index >= 15 is 0 Å². The fourth-order valence-corrected chi connectivity index (χ4v) is 2.44. The van der Waals surface area contributed by atoms with E-state index in [0.29, 0.717) is 5.69 Å². The van der Waals surface area contributed by atoms with Crippen LogP contribution in [0.15, 0.2) is 36.5 Å². The van der Waals surface area contributed by atoms with E-state index < -0.39 is 17.8 Å². The predicted octanol–water partition coefficient (Wildman–Crippen LogP) is 4.96. The Hall–Kier alpha value is -2.37. The van der Waals surface area contributed by atoms with Crippen LogP contribution in [0.4, 0.5) is 18.9 Å². The van der Waals surface area contributed by atoms with Crippen LogP contribution in [-0.4, -0.2) is 10.9 Å². The molecular formula is C18H19F3N2O. The van der Waals surface area contributed by atoms with Gasteiger partial charge in [-0.2, -0.15) is 13.2 Å². The number of aryl methyl sites for hydroxylation is 1. The highest BCUT2D eigenvalue weighted by atomic mass is 19.4. The Balaban J connectivity index is 2.28. The van der Waals surface area contributed by atoms with Crippen molar-refractivity contribution in [3.05, 3.63) is 58.9 Å². The number of nitrogens with zero attached hydrogens (tertiary/aromatic N) is 1. The SMILES string of the molecule is Cc1ccc(NC(=O)c2ccnc(C(F)(F)F)c2)cc1C(C)(C)C. The summed E-state index contributed by atoms with van der Waals surface area (Å²) in [5.41, 5.74) is 1.41. The predicted molar refractivity (Wildman–Crippen MR) is 87.1 cm³/mol. The van der Waals surface area contributed by atoms with E-state index in [4.69, 9.17) is 0 Å². The Morgan fingerprint density at radius 1 is 1.08 bits per heavy atom. The summed E-state index contributed by atoms with van der Waals surface area (Å²) < 4.78 is 38.1. The van der Waals surface area contributed by atoms with Gasteiger partial charge in [0.15, 0.2) is 0 Å². The fraction of sp³-hybridized carbons (Fsp3) is 0.333. The molecule has 0 radical (unpaired) electrons. The maximum atomic E-state index is 12.7. The monoisotopic (exact) mass is 336 g/mol. The number of hydrogen-bond donors (Lipinski definition) is 1. The highest BCUT2D eigenvalue weighted by molar-refractivity contribution is 6.04. The highest BCUT2D eigenvalue weighted by Gasteiger charge is 2.33. The molecule has 1 N–H and O–H groups in total. The Morgan fingerprint density at radius 3 is 2.33 bits per heavy atom. The van der Waals surface area contributed by atoms with Crippen LogP contribution in [0.3, 0.4) is 0 Å². The van der Waals surface area contributed by atoms with E-state index in [1.54, 1.807) is 6.07 Å². The molecular weight excluding hydrogens is 317 g/mol. The van der Waals surface area contributed by atoms with Crippen molar-refractivity contribution in [2.75, 3.05) is 5.32 Å². The van der Waals surface area contributed by atoms with Gasteiger partial charge in [0.1, 0.15) is 5.69 Å². The maximum Gasteiger partial charge on any atom is 0.433 e. The number of benzene rings is 1. The Labute approximate surface area is 138 Å². The second kappa shape index (κ2) is 6.26. The van der Waals surface area contributed by atoms with Gasteiger partial charge < -0.3 is 5.32 Å².